The van der Waals surface area contributed by atoms with Gasteiger partial charge in [-0.05, 0) is 12.6 Å². The molecule has 1 unspecified atom stereocenters. The van der Waals surface area contributed by atoms with E-state index in [-0.39, 0.29) is 0 Å². The molecule has 0 aromatic carbocycles. The molecule has 1 saturated heterocycles. The van der Waals surface area contributed by atoms with Gasteiger partial charge in [-0.15, -0.1) is 0 Å². The van der Waals surface area contributed by atoms with Gasteiger partial charge in [-0.3, -0.25) is 0 Å². The summed E-state index contributed by atoms with van der Waals surface area (Å²) in [5.74, 6) is 0. The van der Waals surface area contributed by atoms with Crippen LogP contribution in [0.1, 0.15) is 6.42 Å². The first kappa shape index (κ1) is 4.65. The van der Waals surface area contributed by atoms with Crippen LogP contribution in [0.5, 0.6) is 0 Å². The lowest BCUT2D eigenvalue weighted by Crippen LogP contribution is -1.81. The van der Waals surface area contributed by atoms with Gasteiger partial charge >= 0.3 is 0 Å². The Labute approximate surface area is 43.0 Å². The Morgan fingerprint density at radius 3 is 3.00 bits per heavy atom. The second-order valence-electron chi connectivity index (χ2n) is 1.62. The molecule has 40 valence electrons. The zero-order chi connectivity index (χ0) is 5.11. The highest BCUT2D eigenvalue weighted by atomic mass is 16.6. The Morgan fingerprint density at radius 2 is 2.57 bits per heavy atom. The van der Waals surface area contributed by atoms with Crippen LogP contribution in [0.2, 0.25) is 0 Å². The average molecular weight is 99.1 g/mol. The molecule has 2 N–H and O–H groups in total. The first-order valence-corrected chi connectivity index (χ1v) is 2.42. The average Bonchev–Trinajstić information content (AvgIpc) is 2.42. The molecule has 0 bridgehead atoms. The van der Waals surface area contributed by atoms with Gasteiger partial charge in [0.2, 0.25) is 0 Å². The van der Waals surface area contributed by atoms with Crippen molar-refractivity contribution >= 4 is 0 Å². The predicted octanol–water partition coefficient (Wildman–Crippen LogP) is 0.248. The summed E-state index contributed by atoms with van der Waals surface area (Å²) in [5, 5.41) is 0. The molecule has 0 spiro atoms. The molecule has 0 aromatic heterocycles. The van der Waals surface area contributed by atoms with E-state index in [1.165, 1.54) is 0 Å². The van der Waals surface area contributed by atoms with Gasteiger partial charge in [0.25, 0.3) is 0 Å². The molecular formula is C5H9NO. The Kier molecular flexibility index (Phi) is 1.32. The van der Waals surface area contributed by atoms with Gasteiger partial charge in [-0.2, -0.15) is 0 Å². The van der Waals surface area contributed by atoms with Crippen LogP contribution in [-0.4, -0.2) is 12.7 Å². The first-order chi connectivity index (χ1) is 3.43. The quantitative estimate of drug-likeness (QED) is 0.504. The van der Waals surface area contributed by atoms with Crippen molar-refractivity contribution in [1.82, 2.24) is 0 Å². The third-order valence-electron chi connectivity index (χ3n) is 0.937. The fourth-order valence-electron chi connectivity index (χ4n) is 0.434. The Morgan fingerprint density at radius 1 is 1.86 bits per heavy atom. The molecule has 1 aliphatic heterocycles. The van der Waals surface area contributed by atoms with Crippen LogP contribution in [0, 0.1) is 0 Å². The van der Waals surface area contributed by atoms with Gasteiger partial charge in [-0.25, -0.2) is 0 Å². The fourth-order valence-corrected chi connectivity index (χ4v) is 0.434. The Balaban J connectivity index is 1.98. The van der Waals surface area contributed by atoms with E-state index in [4.69, 9.17) is 10.5 Å². The van der Waals surface area contributed by atoms with Crippen LogP contribution >= 0.6 is 0 Å². The highest BCUT2D eigenvalue weighted by molar-refractivity contribution is 4.84. The van der Waals surface area contributed by atoms with Crippen molar-refractivity contribution in [3.8, 4) is 0 Å². The van der Waals surface area contributed by atoms with E-state index in [9.17, 15) is 0 Å². The second kappa shape index (κ2) is 1.98. The van der Waals surface area contributed by atoms with Crippen molar-refractivity contribution in [1.29, 1.82) is 0 Å². The number of epoxide rings is 1. The van der Waals surface area contributed by atoms with Crippen LogP contribution < -0.4 is 5.73 Å². The van der Waals surface area contributed by atoms with E-state index in [1.807, 2.05) is 6.08 Å². The molecule has 1 aliphatic rings. The molecule has 0 radical (unpaired) electrons. The number of ether oxygens (including phenoxy) is 1. The summed E-state index contributed by atoms with van der Waals surface area (Å²) < 4.78 is 4.90. The Bertz CT molecular complexity index is 76.1. The van der Waals surface area contributed by atoms with Crippen molar-refractivity contribution < 1.29 is 4.74 Å². The zero-order valence-electron chi connectivity index (χ0n) is 4.13. The number of nitrogens with two attached hydrogens (primary N) is 1. The SMILES string of the molecule is NC=CCC1CO1. The van der Waals surface area contributed by atoms with E-state index in [0.29, 0.717) is 6.10 Å². The van der Waals surface area contributed by atoms with Crippen molar-refractivity contribution in [3.63, 3.8) is 0 Å². The van der Waals surface area contributed by atoms with E-state index in [1.54, 1.807) is 6.20 Å². The Hall–Kier alpha value is -0.500. The van der Waals surface area contributed by atoms with Crippen LogP contribution in [0.3, 0.4) is 0 Å². The lowest BCUT2D eigenvalue weighted by atomic mass is 10.3. The molecule has 2 heteroatoms. The summed E-state index contributed by atoms with van der Waals surface area (Å²) in [6, 6.07) is 0. The van der Waals surface area contributed by atoms with E-state index in [0.717, 1.165) is 13.0 Å². The number of hydrogen-bond acceptors (Lipinski definition) is 2. The lowest BCUT2D eigenvalue weighted by Gasteiger charge is -1.77. The maximum absolute atomic E-state index is 5.07. The highest BCUT2D eigenvalue weighted by Crippen LogP contribution is 2.12. The van der Waals surface area contributed by atoms with Crippen molar-refractivity contribution in [2.24, 2.45) is 5.73 Å². The van der Waals surface area contributed by atoms with Crippen molar-refractivity contribution in [2.45, 2.75) is 12.5 Å². The standard InChI is InChI=1S/C5H9NO/c6-3-1-2-5-4-7-5/h1,3,5H,2,4,6H2. The highest BCUT2D eigenvalue weighted by Gasteiger charge is 2.19. The molecule has 7 heavy (non-hydrogen) atoms. The minimum absolute atomic E-state index is 0.486. The van der Waals surface area contributed by atoms with Crippen LogP contribution in [0.15, 0.2) is 12.3 Å². The van der Waals surface area contributed by atoms with Gasteiger partial charge in [0.05, 0.1) is 12.7 Å². The van der Waals surface area contributed by atoms with Crippen molar-refractivity contribution in [3.05, 3.63) is 12.3 Å². The first-order valence-electron chi connectivity index (χ1n) is 2.42. The smallest absolute Gasteiger partial charge is 0.0844 e. The summed E-state index contributed by atoms with van der Waals surface area (Å²) in [6.45, 7) is 0.921. The minimum atomic E-state index is 0.486. The largest absolute Gasteiger partial charge is 0.405 e. The number of rotatable bonds is 2. The van der Waals surface area contributed by atoms with E-state index < -0.39 is 0 Å². The molecule has 0 aliphatic carbocycles. The molecule has 0 aromatic rings. The molecule has 1 heterocycles. The molecule has 1 fully saturated rings. The predicted molar refractivity (Wildman–Crippen MR) is 27.7 cm³/mol. The maximum Gasteiger partial charge on any atom is 0.0844 e. The van der Waals surface area contributed by atoms with Crippen LogP contribution in [-0.2, 0) is 4.74 Å². The molecule has 1 rings (SSSR count). The van der Waals surface area contributed by atoms with E-state index >= 15 is 0 Å². The lowest BCUT2D eigenvalue weighted by molar-refractivity contribution is 0.410. The summed E-state index contributed by atoms with van der Waals surface area (Å²) in [7, 11) is 0. The van der Waals surface area contributed by atoms with Crippen LogP contribution in [0.25, 0.3) is 0 Å². The van der Waals surface area contributed by atoms with Gasteiger partial charge in [0.15, 0.2) is 0 Å². The number of hydrogen-bond donors (Lipinski definition) is 1. The molecule has 2 nitrogen and oxygen atoms in total. The minimum Gasteiger partial charge on any atom is -0.405 e. The second-order valence-corrected chi connectivity index (χ2v) is 1.62. The monoisotopic (exact) mass is 99.1 g/mol. The van der Waals surface area contributed by atoms with Gasteiger partial charge in [0.1, 0.15) is 0 Å². The van der Waals surface area contributed by atoms with Gasteiger partial charge < -0.3 is 10.5 Å². The normalized spacial score (nSPS) is 28.9. The van der Waals surface area contributed by atoms with Crippen molar-refractivity contribution in [2.75, 3.05) is 6.61 Å². The van der Waals surface area contributed by atoms with E-state index in [2.05, 4.69) is 0 Å². The maximum atomic E-state index is 5.07. The molecular weight excluding hydrogens is 90.1 g/mol. The van der Waals surface area contributed by atoms with Gasteiger partial charge in [-0.1, -0.05) is 6.08 Å². The zero-order valence-corrected chi connectivity index (χ0v) is 4.13. The summed E-state index contributed by atoms with van der Waals surface area (Å²) >= 11 is 0. The third kappa shape index (κ3) is 1.59. The van der Waals surface area contributed by atoms with Gasteiger partial charge in [0, 0.05) is 0 Å². The summed E-state index contributed by atoms with van der Waals surface area (Å²) in [6.07, 6.45) is 4.94. The molecule has 1 atom stereocenters. The topological polar surface area (TPSA) is 38.5 Å². The fraction of sp³-hybridized carbons (Fsp3) is 0.600. The third-order valence-corrected chi connectivity index (χ3v) is 0.937. The molecule has 0 saturated carbocycles. The summed E-state index contributed by atoms with van der Waals surface area (Å²) in [5.41, 5.74) is 5.07. The molecule has 0 amide bonds. The van der Waals surface area contributed by atoms with Crippen LogP contribution in [0.4, 0.5) is 0 Å². The summed E-state index contributed by atoms with van der Waals surface area (Å²) in [4.78, 5) is 0.